The monoisotopic (exact) mass is 322 g/mol. The van der Waals surface area contributed by atoms with Gasteiger partial charge in [0.1, 0.15) is 12.2 Å². The second-order valence-electron chi connectivity index (χ2n) is 8.08. The van der Waals surface area contributed by atoms with Crippen LogP contribution in [-0.2, 0) is 0 Å². The summed E-state index contributed by atoms with van der Waals surface area (Å²) >= 11 is 0. The van der Waals surface area contributed by atoms with Crippen molar-refractivity contribution in [3.63, 3.8) is 0 Å². The molecule has 0 aromatic carbocycles. The minimum Gasteiger partial charge on any atom is -0.388 e. The van der Waals surface area contributed by atoms with Crippen molar-refractivity contribution in [2.45, 2.75) is 71.7 Å². The van der Waals surface area contributed by atoms with Gasteiger partial charge in [-0.2, -0.15) is 0 Å². The summed E-state index contributed by atoms with van der Waals surface area (Å²) in [5.41, 5.74) is 0.984. The third-order valence-corrected chi connectivity index (χ3v) is 5.53. The number of hydrogen-bond acceptors (Lipinski definition) is 3. The van der Waals surface area contributed by atoms with Crippen LogP contribution in [-0.4, -0.2) is 33.1 Å². The molecule has 1 fully saturated rings. The van der Waals surface area contributed by atoms with Gasteiger partial charge in [-0.1, -0.05) is 36.8 Å². The van der Waals surface area contributed by atoms with Gasteiger partial charge in [0.15, 0.2) is 0 Å². The van der Waals surface area contributed by atoms with Crippen molar-refractivity contribution in [3.05, 3.63) is 36.5 Å². The first kappa shape index (κ1) is 20.1. The third kappa shape index (κ3) is 4.79. The molecule has 0 radical (unpaired) electrons. The van der Waals surface area contributed by atoms with E-state index in [4.69, 9.17) is 0 Å². The van der Waals surface area contributed by atoms with Crippen molar-refractivity contribution in [1.82, 2.24) is 0 Å². The summed E-state index contributed by atoms with van der Waals surface area (Å²) in [5.74, 6) is 0.729. The van der Waals surface area contributed by atoms with Crippen LogP contribution < -0.4 is 0 Å². The maximum Gasteiger partial charge on any atom is 0.112 e. The van der Waals surface area contributed by atoms with Crippen LogP contribution in [0.15, 0.2) is 36.5 Å². The molecule has 1 rings (SSSR count). The Labute approximate surface area is 141 Å². The third-order valence-electron chi connectivity index (χ3n) is 5.53. The van der Waals surface area contributed by atoms with E-state index in [0.717, 1.165) is 24.8 Å². The predicted octanol–water partition coefficient (Wildman–Crippen LogP) is 3.61. The van der Waals surface area contributed by atoms with E-state index < -0.39 is 17.8 Å². The molecule has 0 saturated heterocycles. The van der Waals surface area contributed by atoms with Gasteiger partial charge >= 0.3 is 0 Å². The first-order valence-corrected chi connectivity index (χ1v) is 8.48. The van der Waals surface area contributed by atoms with E-state index in [1.54, 1.807) is 6.08 Å². The maximum atomic E-state index is 10.2. The molecule has 0 aliphatic heterocycles. The summed E-state index contributed by atoms with van der Waals surface area (Å²) in [7, 11) is 0. The van der Waals surface area contributed by atoms with E-state index in [1.165, 1.54) is 19.4 Å². The molecule has 5 atom stereocenters. The lowest BCUT2D eigenvalue weighted by atomic mass is 9.61. The highest BCUT2D eigenvalue weighted by molar-refractivity contribution is 5.17. The summed E-state index contributed by atoms with van der Waals surface area (Å²) < 4.78 is 0. The zero-order valence-corrected chi connectivity index (χ0v) is 15.3. The van der Waals surface area contributed by atoms with Crippen LogP contribution in [0.3, 0.4) is 0 Å². The van der Waals surface area contributed by atoms with E-state index in [1.807, 2.05) is 6.92 Å². The van der Waals surface area contributed by atoms with Crippen molar-refractivity contribution in [1.29, 1.82) is 0 Å². The molecule has 1 aliphatic rings. The molecule has 0 spiro atoms. The number of rotatable bonds is 6. The normalized spacial score (nSPS) is 32.3. The molecule has 132 valence electrons. The van der Waals surface area contributed by atoms with Crippen LogP contribution in [0.2, 0.25) is 0 Å². The zero-order chi connectivity index (χ0) is 18.0. The molecular weight excluding hydrogens is 288 g/mol. The smallest absolute Gasteiger partial charge is 0.112 e. The molecule has 0 bridgehead atoms. The molecule has 1 aliphatic carbocycles. The fourth-order valence-corrected chi connectivity index (χ4v) is 3.67. The van der Waals surface area contributed by atoms with Gasteiger partial charge in [0.25, 0.3) is 0 Å². The molecule has 1 saturated carbocycles. The van der Waals surface area contributed by atoms with E-state index >= 15 is 0 Å². The predicted molar refractivity (Wildman–Crippen MR) is 96.0 cm³/mol. The standard InChI is InChI=1S/C20H34O3/c1-8-20(7)10-9-15(12-16(20)13(2)3)14(4)11-17(21)18(22)19(5,6)23/h8,11,15-18,21-23H,1-2,9-10,12H2,3-7H3/b14-11+/t15?,16?,17?,18?,20-/m1/s1. The van der Waals surface area contributed by atoms with Crippen molar-refractivity contribution in [3.8, 4) is 0 Å². The molecule has 4 unspecified atom stereocenters. The minimum absolute atomic E-state index is 0.0772. The van der Waals surface area contributed by atoms with Gasteiger partial charge in [0.05, 0.1) is 5.60 Å². The van der Waals surface area contributed by atoms with Crippen LogP contribution in [0, 0.1) is 17.3 Å². The first-order chi connectivity index (χ1) is 10.4. The van der Waals surface area contributed by atoms with E-state index in [2.05, 4.69) is 33.1 Å². The van der Waals surface area contributed by atoms with E-state index in [0.29, 0.717) is 11.8 Å². The van der Waals surface area contributed by atoms with Gasteiger partial charge in [-0.3, -0.25) is 0 Å². The number of hydrogen-bond donors (Lipinski definition) is 3. The minimum atomic E-state index is -1.33. The van der Waals surface area contributed by atoms with Gasteiger partial charge in [-0.05, 0) is 64.2 Å². The Morgan fingerprint density at radius 2 is 1.87 bits per heavy atom. The zero-order valence-electron chi connectivity index (χ0n) is 15.3. The highest BCUT2D eigenvalue weighted by Crippen LogP contribution is 2.48. The van der Waals surface area contributed by atoms with Gasteiger partial charge in [-0.15, -0.1) is 6.58 Å². The van der Waals surface area contributed by atoms with Crippen LogP contribution in [0.4, 0.5) is 0 Å². The second-order valence-corrected chi connectivity index (χ2v) is 8.08. The maximum absolute atomic E-state index is 10.2. The molecular formula is C20H34O3. The molecule has 3 N–H and O–H groups in total. The second kappa shape index (κ2) is 7.33. The van der Waals surface area contributed by atoms with E-state index in [-0.39, 0.29) is 5.41 Å². The molecule has 0 aromatic heterocycles. The van der Waals surface area contributed by atoms with Crippen molar-refractivity contribution in [2.75, 3.05) is 0 Å². The van der Waals surface area contributed by atoms with Crippen molar-refractivity contribution in [2.24, 2.45) is 17.3 Å². The van der Waals surface area contributed by atoms with Crippen LogP contribution in [0.25, 0.3) is 0 Å². The molecule has 3 nitrogen and oxygen atoms in total. The SMILES string of the molecule is C=C[C@]1(C)CCC(/C(C)=C/C(O)C(O)C(C)(C)O)CC1C(=C)C. The number of aliphatic hydroxyl groups is 3. The fourth-order valence-electron chi connectivity index (χ4n) is 3.67. The average Bonchev–Trinajstić information content (AvgIpc) is 2.45. The first-order valence-electron chi connectivity index (χ1n) is 8.48. The Kier molecular flexibility index (Phi) is 6.42. The molecule has 0 amide bonds. The fraction of sp³-hybridized carbons (Fsp3) is 0.700. The van der Waals surface area contributed by atoms with Crippen LogP contribution in [0.1, 0.15) is 53.9 Å². The Morgan fingerprint density at radius 1 is 1.30 bits per heavy atom. The number of aliphatic hydroxyl groups excluding tert-OH is 2. The lowest BCUT2D eigenvalue weighted by Crippen LogP contribution is -2.44. The largest absolute Gasteiger partial charge is 0.388 e. The quantitative estimate of drug-likeness (QED) is 0.655. The Balaban J connectivity index is 2.89. The Morgan fingerprint density at radius 3 is 2.30 bits per heavy atom. The highest BCUT2D eigenvalue weighted by atomic mass is 16.4. The lowest BCUT2D eigenvalue weighted by molar-refractivity contribution is -0.0920. The summed E-state index contributed by atoms with van der Waals surface area (Å²) in [4.78, 5) is 0. The number of allylic oxidation sites excluding steroid dienone is 3. The van der Waals surface area contributed by atoms with Gasteiger partial charge < -0.3 is 15.3 Å². The van der Waals surface area contributed by atoms with Crippen molar-refractivity contribution < 1.29 is 15.3 Å². The Hall–Kier alpha value is -0.900. The molecule has 3 heteroatoms. The van der Waals surface area contributed by atoms with Gasteiger partial charge in [0, 0.05) is 0 Å². The summed E-state index contributed by atoms with van der Waals surface area (Å²) in [6.07, 6.45) is 4.52. The van der Waals surface area contributed by atoms with Gasteiger partial charge in [-0.25, -0.2) is 0 Å². The Bertz CT molecular complexity index is 472. The van der Waals surface area contributed by atoms with Crippen LogP contribution >= 0.6 is 0 Å². The van der Waals surface area contributed by atoms with Gasteiger partial charge in [0.2, 0.25) is 0 Å². The summed E-state index contributed by atoms with van der Waals surface area (Å²) in [6, 6.07) is 0. The van der Waals surface area contributed by atoms with Crippen LogP contribution in [0.5, 0.6) is 0 Å². The highest BCUT2D eigenvalue weighted by Gasteiger charge is 2.39. The summed E-state index contributed by atoms with van der Waals surface area (Å²) in [6.45, 7) is 17.4. The molecule has 0 aromatic rings. The average molecular weight is 322 g/mol. The van der Waals surface area contributed by atoms with Crippen molar-refractivity contribution >= 4 is 0 Å². The van der Waals surface area contributed by atoms with E-state index in [9.17, 15) is 15.3 Å². The molecule has 0 heterocycles. The summed E-state index contributed by atoms with van der Waals surface area (Å²) in [5, 5.41) is 30.0. The lowest BCUT2D eigenvalue weighted by Gasteiger charge is -2.44. The topological polar surface area (TPSA) is 60.7 Å². The molecule has 23 heavy (non-hydrogen) atoms.